The summed E-state index contributed by atoms with van der Waals surface area (Å²) in [6, 6.07) is 6.55. The van der Waals surface area contributed by atoms with E-state index in [9.17, 15) is 4.79 Å². The largest absolute Gasteiger partial charge is 0.325 e. The summed E-state index contributed by atoms with van der Waals surface area (Å²) in [7, 11) is 0. The number of hydrogen-bond acceptors (Lipinski definition) is 2. The van der Waals surface area contributed by atoms with Gasteiger partial charge in [-0.25, -0.2) is 0 Å². The van der Waals surface area contributed by atoms with Crippen molar-refractivity contribution in [2.75, 3.05) is 11.2 Å². The molecule has 0 aliphatic carbocycles. The lowest BCUT2D eigenvalue weighted by Gasteiger charge is -2.03. The first kappa shape index (κ1) is 10.8. The Morgan fingerprint density at radius 3 is 2.86 bits per heavy atom. The van der Waals surface area contributed by atoms with Gasteiger partial charge in [0.15, 0.2) is 0 Å². The van der Waals surface area contributed by atoms with Crippen LogP contribution in [0.4, 0.5) is 5.69 Å². The van der Waals surface area contributed by atoms with Gasteiger partial charge in [0.05, 0.1) is 10.6 Å². The third kappa shape index (κ3) is 2.63. The first-order valence-electron chi connectivity index (χ1n) is 3.73. The molecule has 3 nitrogen and oxygen atoms in total. The Labute approximate surface area is 91.2 Å². The number of hydrogen-bond donors (Lipinski definition) is 1. The molecule has 0 aliphatic heterocycles. The minimum Gasteiger partial charge on any atom is -0.325 e. The van der Waals surface area contributed by atoms with E-state index in [-0.39, 0.29) is 11.8 Å². The van der Waals surface area contributed by atoms with Crippen LogP contribution in [0.5, 0.6) is 0 Å². The monoisotopic (exact) mass is 228 g/mol. The Balaban J connectivity index is 2.91. The highest BCUT2D eigenvalue weighted by molar-refractivity contribution is 6.32. The van der Waals surface area contributed by atoms with Crippen LogP contribution in [-0.2, 0) is 4.79 Å². The summed E-state index contributed by atoms with van der Waals surface area (Å²) in [5.74, 6) is -0.442. The molecule has 0 bridgehead atoms. The molecule has 0 spiro atoms. The van der Waals surface area contributed by atoms with Gasteiger partial charge in [0.25, 0.3) is 0 Å². The summed E-state index contributed by atoms with van der Waals surface area (Å²) >= 11 is 11.0. The molecule has 1 amide bonds. The van der Waals surface area contributed by atoms with Crippen LogP contribution in [0.2, 0.25) is 5.02 Å². The smallest absolute Gasteiger partial charge is 0.239 e. The number of anilines is 1. The molecule has 0 saturated carbocycles. The highest BCUT2D eigenvalue weighted by Crippen LogP contribution is 2.19. The molecule has 0 saturated heterocycles. The van der Waals surface area contributed by atoms with Crippen molar-refractivity contribution < 1.29 is 4.79 Å². The fourth-order valence-electron chi connectivity index (χ4n) is 0.883. The van der Waals surface area contributed by atoms with Crippen LogP contribution in [-0.4, -0.2) is 11.8 Å². The number of halogens is 2. The molecule has 1 N–H and O–H groups in total. The second kappa shape index (κ2) is 4.85. The zero-order chi connectivity index (χ0) is 10.6. The van der Waals surface area contributed by atoms with E-state index in [1.165, 1.54) is 6.07 Å². The number of carbonyl (C=O) groups excluding carboxylic acids is 1. The maximum atomic E-state index is 10.9. The number of rotatable bonds is 2. The zero-order valence-electron chi connectivity index (χ0n) is 7.05. The summed E-state index contributed by atoms with van der Waals surface area (Å²) in [6.45, 7) is 0. The van der Waals surface area contributed by atoms with Gasteiger partial charge in [0.1, 0.15) is 11.9 Å². The van der Waals surface area contributed by atoms with Crippen molar-refractivity contribution in [1.82, 2.24) is 0 Å². The number of nitrogens with zero attached hydrogens (tertiary/aromatic N) is 1. The average molecular weight is 229 g/mol. The SMILES string of the molecule is N#Cc1cc(NC(=O)CCl)ccc1Cl. The second-order valence-electron chi connectivity index (χ2n) is 2.49. The second-order valence-corrected chi connectivity index (χ2v) is 3.16. The molecule has 72 valence electrons. The average Bonchev–Trinajstić information content (AvgIpc) is 2.20. The van der Waals surface area contributed by atoms with E-state index in [4.69, 9.17) is 28.5 Å². The highest BCUT2D eigenvalue weighted by Gasteiger charge is 2.03. The van der Waals surface area contributed by atoms with Crippen LogP contribution in [0, 0.1) is 11.3 Å². The number of nitriles is 1. The number of amides is 1. The molecule has 0 aliphatic rings. The van der Waals surface area contributed by atoms with Crippen molar-refractivity contribution in [2.45, 2.75) is 0 Å². The van der Waals surface area contributed by atoms with Gasteiger partial charge in [-0.1, -0.05) is 11.6 Å². The minimum atomic E-state index is -0.321. The van der Waals surface area contributed by atoms with Crippen molar-refractivity contribution in [3.05, 3.63) is 28.8 Å². The lowest BCUT2D eigenvalue weighted by molar-refractivity contribution is -0.113. The van der Waals surface area contributed by atoms with E-state index >= 15 is 0 Å². The van der Waals surface area contributed by atoms with Gasteiger partial charge < -0.3 is 5.32 Å². The van der Waals surface area contributed by atoms with E-state index in [0.717, 1.165) is 0 Å². The molecular weight excluding hydrogens is 223 g/mol. The molecule has 0 unspecified atom stereocenters. The number of nitrogens with one attached hydrogen (secondary N) is 1. The zero-order valence-corrected chi connectivity index (χ0v) is 8.56. The maximum Gasteiger partial charge on any atom is 0.239 e. The van der Waals surface area contributed by atoms with Gasteiger partial charge in [0.2, 0.25) is 5.91 Å². The van der Waals surface area contributed by atoms with E-state index in [0.29, 0.717) is 16.3 Å². The van der Waals surface area contributed by atoms with Crippen molar-refractivity contribution in [1.29, 1.82) is 5.26 Å². The van der Waals surface area contributed by atoms with Crippen LogP contribution in [0.25, 0.3) is 0 Å². The molecule has 1 aromatic carbocycles. The summed E-state index contributed by atoms with van der Waals surface area (Å²) in [5.41, 5.74) is 0.829. The molecule has 0 aromatic heterocycles. The standard InChI is InChI=1S/C9H6Cl2N2O/c10-4-9(14)13-7-1-2-8(11)6(3-7)5-12/h1-3H,4H2,(H,13,14). The van der Waals surface area contributed by atoms with Crippen molar-refractivity contribution in [2.24, 2.45) is 0 Å². The summed E-state index contributed by atoms with van der Waals surface area (Å²) < 4.78 is 0. The van der Waals surface area contributed by atoms with E-state index in [1.54, 1.807) is 12.1 Å². The number of benzene rings is 1. The minimum absolute atomic E-state index is 0.121. The summed E-state index contributed by atoms with van der Waals surface area (Å²) in [6.07, 6.45) is 0. The van der Waals surface area contributed by atoms with E-state index in [1.807, 2.05) is 6.07 Å². The first-order valence-corrected chi connectivity index (χ1v) is 4.64. The molecule has 14 heavy (non-hydrogen) atoms. The van der Waals surface area contributed by atoms with Gasteiger partial charge in [-0.2, -0.15) is 5.26 Å². The van der Waals surface area contributed by atoms with Gasteiger partial charge in [-0.3, -0.25) is 4.79 Å². The highest BCUT2D eigenvalue weighted by atomic mass is 35.5. The third-order valence-corrected chi connectivity index (χ3v) is 2.06. The molecule has 0 fully saturated rings. The molecule has 0 atom stereocenters. The quantitative estimate of drug-likeness (QED) is 0.791. The Kier molecular flexibility index (Phi) is 3.75. The topological polar surface area (TPSA) is 52.9 Å². The predicted octanol–water partition coefficient (Wildman–Crippen LogP) is 2.39. The van der Waals surface area contributed by atoms with Gasteiger partial charge in [-0.05, 0) is 18.2 Å². The van der Waals surface area contributed by atoms with Crippen LogP contribution in [0.1, 0.15) is 5.56 Å². The van der Waals surface area contributed by atoms with E-state index in [2.05, 4.69) is 5.32 Å². The predicted molar refractivity (Wildman–Crippen MR) is 55.5 cm³/mol. The number of carbonyl (C=O) groups is 1. The van der Waals surface area contributed by atoms with Crippen molar-refractivity contribution in [3.8, 4) is 6.07 Å². The number of alkyl halides is 1. The van der Waals surface area contributed by atoms with Gasteiger partial charge in [0, 0.05) is 5.69 Å². The maximum absolute atomic E-state index is 10.9. The lowest BCUT2D eigenvalue weighted by atomic mass is 10.2. The lowest BCUT2D eigenvalue weighted by Crippen LogP contribution is -2.12. The van der Waals surface area contributed by atoms with Crippen LogP contribution in [0.3, 0.4) is 0 Å². The fourth-order valence-corrected chi connectivity index (χ4v) is 1.11. The molecular formula is C9H6Cl2N2O. The third-order valence-electron chi connectivity index (χ3n) is 1.49. The van der Waals surface area contributed by atoms with Crippen molar-refractivity contribution >= 4 is 34.8 Å². The molecule has 0 heterocycles. The first-order chi connectivity index (χ1) is 6.67. The van der Waals surface area contributed by atoms with E-state index < -0.39 is 0 Å². The Hall–Kier alpha value is -1.24. The fraction of sp³-hybridized carbons (Fsp3) is 0.111. The van der Waals surface area contributed by atoms with Crippen LogP contribution >= 0.6 is 23.2 Å². The molecule has 1 rings (SSSR count). The Bertz CT molecular complexity index is 398. The molecule has 5 heteroatoms. The van der Waals surface area contributed by atoms with Gasteiger partial charge in [-0.15, -0.1) is 11.6 Å². The van der Waals surface area contributed by atoms with Crippen molar-refractivity contribution in [3.63, 3.8) is 0 Å². The Morgan fingerprint density at radius 1 is 1.57 bits per heavy atom. The normalized spacial score (nSPS) is 9.21. The van der Waals surface area contributed by atoms with Crippen LogP contribution < -0.4 is 5.32 Å². The summed E-state index contributed by atoms with van der Waals surface area (Å²) in [5, 5.41) is 11.5. The van der Waals surface area contributed by atoms with Crippen LogP contribution in [0.15, 0.2) is 18.2 Å². The summed E-state index contributed by atoms with van der Waals surface area (Å²) in [4.78, 5) is 10.9. The Morgan fingerprint density at radius 2 is 2.29 bits per heavy atom. The van der Waals surface area contributed by atoms with Gasteiger partial charge >= 0.3 is 0 Å². The molecule has 1 aromatic rings. The molecule has 0 radical (unpaired) electrons.